The first kappa shape index (κ1) is 13.9. The van der Waals surface area contributed by atoms with Gasteiger partial charge in [-0.15, -0.1) is 0 Å². The van der Waals surface area contributed by atoms with E-state index in [1.165, 1.54) is 5.56 Å². The number of benzene rings is 1. The van der Waals surface area contributed by atoms with Crippen molar-refractivity contribution in [2.24, 2.45) is 5.73 Å². The summed E-state index contributed by atoms with van der Waals surface area (Å²) < 4.78 is -0.504. The van der Waals surface area contributed by atoms with E-state index in [1.807, 2.05) is 16.9 Å². The van der Waals surface area contributed by atoms with Gasteiger partial charge in [0, 0.05) is 5.56 Å². The SMILES string of the molecule is CC(C)c1ccc2c(c1)C1(ON2CC(N)=O)SC=CS1. The van der Waals surface area contributed by atoms with Gasteiger partial charge in [0.1, 0.15) is 6.54 Å². The highest BCUT2D eigenvalue weighted by Crippen LogP contribution is 2.60. The topological polar surface area (TPSA) is 55.6 Å². The zero-order chi connectivity index (χ0) is 14.3. The molecule has 1 aromatic rings. The Morgan fingerprint density at radius 2 is 2.10 bits per heavy atom. The summed E-state index contributed by atoms with van der Waals surface area (Å²) in [5.41, 5.74) is 8.60. The summed E-state index contributed by atoms with van der Waals surface area (Å²) in [7, 11) is 0. The van der Waals surface area contributed by atoms with Crippen LogP contribution in [0.5, 0.6) is 0 Å². The van der Waals surface area contributed by atoms with Gasteiger partial charge < -0.3 is 5.73 Å². The number of hydrogen-bond donors (Lipinski definition) is 1. The van der Waals surface area contributed by atoms with Crippen LogP contribution in [-0.4, -0.2) is 12.5 Å². The molecule has 0 bridgehead atoms. The monoisotopic (exact) mass is 308 g/mol. The third-order valence-corrected chi connectivity index (χ3v) is 5.82. The smallest absolute Gasteiger partial charge is 0.239 e. The van der Waals surface area contributed by atoms with Crippen LogP contribution >= 0.6 is 23.5 Å². The van der Waals surface area contributed by atoms with Gasteiger partial charge in [-0.2, -0.15) is 0 Å². The lowest BCUT2D eigenvalue weighted by Gasteiger charge is -2.23. The molecule has 0 aromatic heterocycles. The van der Waals surface area contributed by atoms with Crippen LogP contribution in [-0.2, 0) is 13.9 Å². The van der Waals surface area contributed by atoms with E-state index in [9.17, 15) is 4.79 Å². The second kappa shape index (κ2) is 5.02. The average Bonchev–Trinajstić information content (AvgIpc) is 2.96. The maximum atomic E-state index is 11.2. The highest BCUT2D eigenvalue weighted by atomic mass is 32.2. The number of nitrogens with zero attached hydrogens (tertiary/aromatic N) is 1. The maximum absolute atomic E-state index is 11.2. The van der Waals surface area contributed by atoms with Gasteiger partial charge in [-0.1, -0.05) is 43.4 Å². The minimum atomic E-state index is -0.504. The van der Waals surface area contributed by atoms with Crippen LogP contribution < -0.4 is 10.8 Å². The normalized spacial score (nSPS) is 19.1. The van der Waals surface area contributed by atoms with Crippen molar-refractivity contribution in [3.8, 4) is 0 Å². The fourth-order valence-corrected chi connectivity index (χ4v) is 4.52. The maximum Gasteiger partial charge on any atom is 0.239 e. The molecule has 20 heavy (non-hydrogen) atoms. The summed E-state index contributed by atoms with van der Waals surface area (Å²) >= 11 is 3.23. The lowest BCUT2D eigenvalue weighted by atomic mass is 10.00. The van der Waals surface area contributed by atoms with Crippen molar-refractivity contribution in [2.45, 2.75) is 24.0 Å². The molecule has 4 nitrogen and oxygen atoms in total. The lowest BCUT2D eigenvalue weighted by molar-refractivity contribution is -0.118. The van der Waals surface area contributed by atoms with Gasteiger partial charge in [-0.3, -0.25) is 4.79 Å². The van der Waals surface area contributed by atoms with Crippen molar-refractivity contribution in [3.63, 3.8) is 0 Å². The first-order chi connectivity index (χ1) is 9.52. The highest BCUT2D eigenvalue weighted by molar-refractivity contribution is 8.22. The average molecular weight is 308 g/mol. The number of nitrogens with two attached hydrogens (primary N) is 1. The second-order valence-electron chi connectivity index (χ2n) is 5.09. The minimum absolute atomic E-state index is 0.0664. The van der Waals surface area contributed by atoms with E-state index < -0.39 is 10.2 Å². The zero-order valence-electron chi connectivity index (χ0n) is 11.3. The van der Waals surface area contributed by atoms with Crippen molar-refractivity contribution in [2.75, 3.05) is 11.6 Å². The summed E-state index contributed by atoms with van der Waals surface area (Å²) in [6, 6.07) is 6.27. The second-order valence-corrected chi connectivity index (χ2v) is 7.51. The van der Waals surface area contributed by atoms with Crippen LogP contribution in [0.4, 0.5) is 5.69 Å². The molecule has 2 aliphatic heterocycles. The molecule has 3 rings (SSSR count). The summed E-state index contributed by atoms with van der Waals surface area (Å²) in [5.74, 6) is 0.0498. The third kappa shape index (κ3) is 2.21. The molecule has 2 aliphatic rings. The van der Waals surface area contributed by atoms with Gasteiger partial charge >= 0.3 is 0 Å². The van der Waals surface area contributed by atoms with Crippen molar-refractivity contribution >= 4 is 35.1 Å². The van der Waals surface area contributed by atoms with E-state index in [2.05, 4.69) is 26.0 Å². The van der Waals surface area contributed by atoms with Gasteiger partial charge in [-0.05, 0) is 34.4 Å². The number of amides is 1. The summed E-state index contributed by atoms with van der Waals surface area (Å²) in [5, 5.41) is 5.64. The fourth-order valence-electron chi connectivity index (χ4n) is 2.31. The number of fused-ring (bicyclic) bond motifs is 2. The Morgan fingerprint density at radius 1 is 1.40 bits per heavy atom. The van der Waals surface area contributed by atoms with Crippen molar-refractivity contribution in [1.82, 2.24) is 0 Å². The van der Waals surface area contributed by atoms with Crippen LogP contribution in [0.25, 0.3) is 0 Å². The van der Waals surface area contributed by atoms with Crippen molar-refractivity contribution < 1.29 is 9.63 Å². The number of hydrogen-bond acceptors (Lipinski definition) is 5. The molecule has 0 fully saturated rings. The highest BCUT2D eigenvalue weighted by Gasteiger charge is 2.47. The number of carbonyl (C=O) groups excluding carboxylic acids is 1. The van der Waals surface area contributed by atoms with Crippen molar-refractivity contribution in [1.29, 1.82) is 0 Å². The standard InChI is InChI=1S/C14H16N2O2S2/c1-9(2)10-3-4-12-11(7-10)14(19-5-6-20-14)18-16(12)8-13(15)17/h3-7,9H,8H2,1-2H3,(H2,15,17). The van der Waals surface area contributed by atoms with E-state index in [0.29, 0.717) is 5.92 Å². The lowest BCUT2D eigenvalue weighted by Crippen LogP contribution is -2.33. The summed E-state index contributed by atoms with van der Waals surface area (Å²) in [6.07, 6.45) is 0. The Balaban J connectivity index is 2.04. The number of rotatable bonds is 3. The molecule has 1 spiro atoms. The van der Waals surface area contributed by atoms with Crippen LogP contribution in [0.1, 0.15) is 30.9 Å². The molecule has 2 N–H and O–H groups in total. The predicted molar refractivity (Wildman–Crippen MR) is 84.2 cm³/mol. The minimum Gasteiger partial charge on any atom is -0.368 e. The zero-order valence-corrected chi connectivity index (χ0v) is 13.0. The molecule has 0 radical (unpaired) electrons. The molecular weight excluding hydrogens is 292 g/mol. The molecule has 0 saturated heterocycles. The van der Waals surface area contributed by atoms with Crippen LogP contribution in [0.2, 0.25) is 0 Å². The van der Waals surface area contributed by atoms with Crippen LogP contribution in [0.3, 0.4) is 0 Å². The van der Waals surface area contributed by atoms with Gasteiger partial charge in [0.15, 0.2) is 0 Å². The Kier molecular flexibility index (Phi) is 3.48. The number of hydroxylamine groups is 1. The van der Waals surface area contributed by atoms with E-state index >= 15 is 0 Å². The fraction of sp³-hybridized carbons (Fsp3) is 0.357. The molecule has 1 amide bonds. The third-order valence-electron chi connectivity index (χ3n) is 3.32. The molecular formula is C14H16N2O2S2. The van der Waals surface area contributed by atoms with E-state index in [-0.39, 0.29) is 6.54 Å². The first-order valence-electron chi connectivity index (χ1n) is 6.42. The molecule has 0 unspecified atom stereocenters. The number of thioether (sulfide) groups is 2. The predicted octanol–water partition coefficient (Wildman–Crippen LogP) is 3.11. The molecule has 106 valence electrons. The summed E-state index contributed by atoms with van der Waals surface area (Å²) in [4.78, 5) is 17.2. The molecule has 0 atom stereocenters. The van der Waals surface area contributed by atoms with Gasteiger partial charge in [0.05, 0.1) is 5.69 Å². The largest absolute Gasteiger partial charge is 0.368 e. The van der Waals surface area contributed by atoms with Gasteiger partial charge in [0.25, 0.3) is 0 Å². The molecule has 6 heteroatoms. The molecule has 1 aromatic carbocycles. The Bertz CT molecular complexity index is 579. The summed E-state index contributed by atoms with van der Waals surface area (Å²) in [6.45, 7) is 4.40. The van der Waals surface area contributed by atoms with E-state index in [0.717, 1.165) is 11.3 Å². The first-order valence-corrected chi connectivity index (χ1v) is 8.18. The molecule has 0 saturated carbocycles. The van der Waals surface area contributed by atoms with Crippen LogP contribution in [0.15, 0.2) is 29.0 Å². The number of primary amides is 1. The van der Waals surface area contributed by atoms with E-state index in [1.54, 1.807) is 28.6 Å². The number of anilines is 1. The van der Waals surface area contributed by atoms with Gasteiger partial charge in [0.2, 0.25) is 10.2 Å². The molecule has 2 heterocycles. The van der Waals surface area contributed by atoms with E-state index in [4.69, 9.17) is 10.6 Å². The van der Waals surface area contributed by atoms with Crippen LogP contribution in [0, 0.1) is 0 Å². The van der Waals surface area contributed by atoms with Gasteiger partial charge in [-0.25, -0.2) is 9.90 Å². The van der Waals surface area contributed by atoms with Crippen molar-refractivity contribution in [3.05, 3.63) is 40.1 Å². The quantitative estimate of drug-likeness (QED) is 0.930. The Morgan fingerprint density at radius 3 is 2.70 bits per heavy atom. The Hall–Kier alpha value is -1.11. The molecule has 0 aliphatic carbocycles. The number of carbonyl (C=O) groups is 1. The Labute approximate surface area is 126 Å².